The van der Waals surface area contributed by atoms with Gasteiger partial charge in [0.2, 0.25) is 5.82 Å². The molecule has 5 heteroatoms. The van der Waals surface area contributed by atoms with Gasteiger partial charge in [-0.25, -0.2) is 0 Å². The summed E-state index contributed by atoms with van der Waals surface area (Å²) in [6, 6.07) is 7.57. The van der Waals surface area contributed by atoms with Gasteiger partial charge in [-0.3, -0.25) is 0 Å². The van der Waals surface area contributed by atoms with Crippen LogP contribution < -0.4 is 0 Å². The van der Waals surface area contributed by atoms with E-state index in [2.05, 4.69) is 26.1 Å². The monoisotopic (exact) mass is 282 g/mol. The fourth-order valence-electron chi connectivity index (χ4n) is 1.29. The molecule has 1 aromatic carbocycles. The summed E-state index contributed by atoms with van der Waals surface area (Å²) in [5, 5.41) is 13.3. The Bertz CT molecular complexity index is 484. The third-order valence-corrected chi connectivity index (χ3v) is 2.69. The normalized spacial score (nSPS) is 12.7. The highest BCUT2D eigenvalue weighted by atomic mass is 79.9. The Morgan fingerprint density at radius 1 is 1.50 bits per heavy atom. The summed E-state index contributed by atoms with van der Waals surface area (Å²) in [4.78, 5) is 4.14. The standard InChI is InChI=1S/C11H11BrN2O2/c1-2-9(15)10-13-11(16-14-10)7-4-3-5-8(12)6-7/h3-6,9,15H,2H2,1H3. The summed E-state index contributed by atoms with van der Waals surface area (Å²) >= 11 is 3.37. The van der Waals surface area contributed by atoms with Gasteiger partial charge in [0, 0.05) is 10.0 Å². The first-order valence-electron chi connectivity index (χ1n) is 4.98. The van der Waals surface area contributed by atoms with Crippen LogP contribution in [0.2, 0.25) is 0 Å². The minimum atomic E-state index is -0.662. The number of rotatable bonds is 3. The lowest BCUT2D eigenvalue weighted by molar-refractivity contribution is 0.159. The lowest BCUT2D eigenvalue weighted by Gasteiger charge is -1.98. The zero-order valence-electron chi connectivity index (χ0n) is 8.72. The van der Waals surface area contributed by atoms with Gasteiger partial charge in [0.05, 0.1) is 0 Å². The molecule has 0 saturated heterocycles. The van der Waals surface area contributed by atoms with Crippen LogP contribution in [-0.2, 0) is 0 Å². The quantitative estimate of drug-likeness (QED) is 0.940. The maximum Gasteiger partial charge on any atom is 0.258 e. The summed E-state index contributed by atoms with van der Waals surface area (Å²) in [5.74, 6) is 0.751. The number of aliphatic hydroxyl groups is 1. The van der Waals surface area contributed by atoms with Gasteiger partial charge in [0.15, 0.2) is 0 Å². The molecular formula is C11H11BrN2O2. The second-order valence-corrected chi connectivity index (χ2v) is 4.31. The number of aliphatic hydroxyl groups excluding tert-OH is 1. The third kappa shape index (κ3) is 2.31. The average Bonchev–Trinajstić information content (AvgIpc) is 2.77. The first kappa shape index (κ1) is 11.3. The van der Waals surface area contributed by atoms with Gasteiger partial charge >= 0.3 is 0 Å². The summed E-state index contributed by atoms with van der Waals surface area (Å²) in [6.45, 7) is 1.86. The highest BCUT2D eigenvalue weighted by molar-refractivity contribution is 9.10. The SMILES string of the molecule is CCC(O)c1noc(-c2cccc(Br)c2)n1. The van der Waals surface area contributed by atoms with Crippen molar-refractivity contribution in [3.8, 4) is 11.5 Å². The molecule has 2 rings (SSSR count). The number of hydrogen-bond donors (Lipinski definition) is 1. The van der Waals surface area contributed by atoms with Gasteiger partial charge in [-0.05, 0) is 24.6 Å². The topological polar surface area (TPSA) is 59.2 Å². The molecule has 0 spiro atoms. The first-order chi connectivity index (χ1) is 7.70. The van der Waals surface area contributed by atoms with E-state index < -0.39 is 6.10 Å². The van der Waals surface area contributed by atoms with Gasteiger partial charge in [0.1, 0.15) is 6.10 Å². The van der Waals surface area contributed by atoms with Crippen LogP contribution in [0.3, 0.4) is 0 Å². The largest absolute Gasteiger partial charge is 0.385 e. The second kappa shape index (κ2) is 4.76. The van der Waals surface area contributed by atoms with Crippen molar-refractivity contribution >= 4 is 15.9 Å². The van der Waals surface area contributed by atoms with Crippen LogP contribution in [0.1, 0.15) is 25.3 Å². The lowest BCUT2D eigenvalue weighted by atomic mass is 10.2. The van der Waals surface area contributed by atoms with E-state index >= 15 is 0 Å². The van der Waals surface area contributed by atoms with E-state index in [-0.39, 0.29) is 0 Å². The molecule has 0 fully saturated rings. The van der Waals surface area contributed by atoms with Gasteiger partial charge < -0.3 is 9.63 Å². The number of halogens is 1. The number of aromatic nitrogens is 2. The van der Waals surface area contributed by atoms with Crippen LogP contribution in [0, 0.1) is 0 Å². The van der Waals surface area contributed by atoms with Crippen LogP contribution >= 0.6 is 15.9 Å². The molecule has 16 heavy (non-hydrogen) atoms. The molecule has 84 valence electrons. The Labute approximate surface area is 101 Å². The maximum absolute atomic E-state index is 9.55. The molecule has 0 aliphatic heterocycles. The molecular weight excluding hydrogens is 272 g/mol. The fraction of sp³-hybridized carbons (Fsp3) is 0.273. The molecule has 1 unspecified atom stereocenters. The Morgan fingerprint density at radius 3 is 3.00 bits per heavy atom. The Balaban J connectivity index is 2.31. The van der Waals surface area contributed by atoms with E-state index in [1.165, 1.54) is 0 Å². The van der Waals surface area contributed by atoms with E-state index in [1.807, 2.05) is 31.2 Å². The maximum atomic E-state index is 9.55. The molecule has 0 aliphatic rings. The predicted octanol–water partition coefficient (Wildman–Crippen LogP) is 2.94. The van der Waals surface area contributed by atoms with Crippen LogP contribution in [0.5, 0.6) is 0 Å². The van der Waals surface area contributed by atoms with Crippen molar-refractivity contribution in [1.82, 2.24) is 10.1 Å². The minimum Gasteiger partial charge on any atom is -0.385 e. The van der Waals surface area contributed by atoms with Crippen molar-refractivity contribution in [3.05, 3.63) is 34.6 Å². The molecule has 1 heterocycles. The molecule has 1 atom stereocenters. The molecule has 1 N–H and O–H groups in total. The van der Waals surface area contributed by atoms with Crippen molar-refractivity contribution in [2.24, 2.45) is 0 Å². The minimum absolute atomic E-state index is 0.331. The van der Waals surface area contributed by atoms with Crippen molar-refractivity contribution in [1.29, 1.82) is 0 Å². The molecule has 0 radical (unpaired) electrons. The van der Waals surface area contributed by atoms with E-state index in [1.54, 1.807) is 0 Å². The van der Waals surface area contributed by atoms with Crippen molar-refractivity contribution < 1.29 is 9.63 Å². The zero-order chi connectivity index (χ0) is 11.5. The highest BCUT2D eigenvalue weighted by Crippen LogP contribution is 2.23. The molecule has 1 aromatic heterocycles. The van der Waals surface area contributed by atoms with Crippen molar-refractivity contribution in [2.75, 3.05) is 0 Å². The van der Waals surface area contributed by atoms with Gasteiger partial charge in [-0.1, -0.05) is 34.1 Å². The van der Waals surface area contributed by atoms with Crippen molar-refractivity contribution in [2.45, 2.75) is 19.4 Å². The highest BCUT2D eigenvalue weighted by Gasteiger charge is 2.14. The second-order valence-electron chi connectivity index (χ2n) is 3.39. The molecule has 0 saturated carbocycles. The summed E-state index contributed by atoms with van der Waals surface area (Å²) in [5.41, 5.74) is 0.830. The van der Waals surface area contributed by atoms with Crippen molar-refractivity contribution in [3.63, 3.8) is 0 Å². The summed E-state index contributed by atoms with van der Waals surface area (Å²) in [6.07, 6.45) is -0.0954. The Kier molecular flexibility index (Phi) is 3.36. The molecule has 4 nitrogen and oxygen atoms in total. The Morgan fingerprint density at radius 2 is 2.31 bits per heavy atom. The third-order valence-electron chi connectivity index (χ3n) is 2.20. The van der Waals surface area contributed by atoms with Crippen LogP contribution in [0.25, 0.3) is 11.5 Å². The molecule has 0 amide bonds. The summed E-state index contributed by atoms with van der Waals surface area (Å²) in [7, 11) is 0. The van der Waals surface area contributed by atoms with Gasteiger partial charge in [0.25, 0.3) is 5.89 Å². The van der Waals surface area contributed by atoms with Gasteiger partial charge in [-0.15, -0.1) is 0 Å². The van der Waals surface area contributed by atoms with Gasteiger partial charge in [-0.2, -0.15) is 4.98 Å². The molecule has 0 aliphatic carbocycles. The molecule has 0 bridgehead atoms. The predicted molar refractivity (Wildman–Crippen MR) is 62.7 cm³/mol. The Hall–Kier alpha value is -1.20. The average molecular weight is 283 g/mol. The number of nitrogens with zero attached hydrogens (tertiary/aromatic N) is 2. The summed E-state index contributed by atoms with van der Waals surface area (Å²) < 4.78 is 6.03. The van der Waals surface area contributed by atoms with E-state index in [4.69, 9.17) is 4.52 Å². The molecule has 2 aromatic rings. The zero-order valence-corrected chi connectivity index (χ0v) is 10.3. The van der Waals surface area contributed by atoms with E-state index in [9.17, 15) is 5.11 Å². The fourth-order valence-corrected chi connectivity index (χ4v) is 1.69. The van der Waals surface area contributed by atoms with Crippen LogP contribution in [-0.4, -0.2) is 15.2 Å². The van der Waals surface area contributed by atoms with Crippen LogP contribution in [0.4, 0.5) is 0 Å². The first-order valence-corrected chi connectivity index (χ1v) is 5.77. The lowest BCUT2D eigenvalue weighted by Crippen LogP contribution is -1.97. The number of benzene rings is 1. The smallest absolute Gasteiger partial charge is 0.258 e. The van der Waals surface area contributed by atoms with E-state index in [0.717, 1.165) is 10.0 Å². The van der Waals surface area contributed by atoms with E-state index in [0.29, 0.717) is 18.1 Å². The number of hydrogen-bond acceptors (Lipinski definition) is 4. The van der Waals surface area contributed by atoms with Crippen LogP contribution in [0.15, 0.2) is 33.3 Å².